The quantitative estimate of drug-likeness (QED) is 0.442. The van der Waals surface area contributed by atoms with Crippen molar-refractivity contribution in [3.8, 4) is 5.75 Å². The third kappa shape index (κ3) is 4.67. The molecule has 1 aliphatic carbocycles. The fourth-order valence-electron chi connectivity index (χ4n) is 4.11. The lowest BCUT2D eigenvalue weighted by molar-refractivity contribution is -0.384. The molecule has 29 heavy (non-hydrogen) atoms. The predicted molar refractivity (Wildman–Crippen MR) is 108 cm³/mol. The van der Waals surface area contributed by atoms with Gasteiger partial charge >= 0.3 is 0 Å². The van der Waals surface area contributed by atoms with Crippen LogP contribution in [0.4, 0.5) is 11.4 Å². The average Bonchev–Trinajstić information content (AvgIpc) is 2.95. The lowest BCUT2D eigenvalue weighted by Crippen LogP contribution is -2.54. The number of rotatable bonds is 6. The van der Waals surface area contributed by atoms with Crippen LogP contribution in [0.2, 0.25) is 0 Å². The predicted octanol–water partition coefficient (Wildman–Crippen LogP) is 2.09. The Labute approximate surface area is 170 Å². The molecular weight excluding hydrogens is 376 g/mol. The number of nitro benzene ring substituents is 1. The van der Waals surface area contributed by atoms with E-state index >= 15 is 0 Å². The van der Waals surface area contributed by atoms with E-state index in [2.05, 4.69) is 10.2 Å². The number of anilines is 1. The van der Waals surface area contributed by atoms with Crippen LogP contribution in [-0.2, 0) is 9.59 Å². The second-order valence-corrected chi connectivity index (χ2v) is 7.99. The number of hydrogen-bond acceptors (Lipinski definition) is 6. The van der Waals surface area contributed by atoms with Crippen molar-refractivity contribution in [3.63, 3.8) is 0 Å². The highest BCUT2D eigenvalue weighted by atomic mass is 16.6. The van der Waals surface area contributed by atoms with Crippen LogP contribution in [0, 0.1) is 10.1 Å². The monoisotopic (exact) mass is 404 g/mol. The van der Waals surface area contributed by atoms with Gasteiger partial charge in [0, 0.05) is 24.2 Å². The van der Waals surface area contributed by atoms with Gasteiger partial charge in [-0.15, -0.1) is 0 Å². The Morgan fingerprint density at radius 1 is 1.28 bits per heavy atom. The highest BCUT2D eigenvalue weighted by Gasteiger charge is 2.34. The molecule has 1 saturated carbocycles. The number of amides is 2. The average molecular weight is 404 g/mol. The van der Waals surface area contributed by atoms with Crippen LogP contribution in [0.1, 0.15) is 38.5 Å². The molecule has 1 aliphatic heterocycles. The van der Waals surface area contributed by atoms with Gasteiger partial charge in [-0.1, -0.05) is 25.7 Å². The molecule has 1 aromatic rings. The Hall–Kier alpha value is -2.68. The van der Waals surface area contributed by atoms with Crippen LogP contribution in [0.3, 0.4) is 0 Å². The molecule has 0 spiro atoms. The van der Waals surface area contributed by atoms with Gasteiger partial charge in [0.1, 0.15) is 12.3 Å². The van der Waals surface area contributed by atoms with Crippen LogP contribution in [0.5, 0.6) is 5.75 Å². The van der Waals surface area contributed by atoms with E-state index in [4.69, 9.17) is 4.74 Å². The first-order valence-electron chi connectivity index (χ1n) is 9.98. The molecule has 0 radical (unpaired) electrons. The van der Waals surface area contributed by atoms with Crippen LogP contribution in [0.25, 0.3) is 0 Å². The summed E-state index contributed by atoms with van der Waals surface area (Å²) < 4.78 is 5.35. The molecule has 0 aromatic heterocycles. The van der Waals surface area contributed by atoms with Crippen molar-refractivity contribution in [3.05, 3.63) is 28.3 Å². The van der Waals surface area contributed by atoms with Crippen LogP contribution >= 0.6 is 0 Å². The van der Waals surface area contributed by atoms with Crippen molar-refractivity contribution < 1.29 is 19.2 Å². The number of fused-ring (bicyclic) bond motifs is 1. The first-order valence-corrected chi connectivity index (χ1v) is 9.98. The fraction of sp³-hybridized carbons (Fsp3) is 0.600. The Bertz CT molecular complexity index is 787. The van der Waals surface area contributed by atoms with E-state index in [0.29, 0.717) is 12.3 Å². The van der Waals surface area contributed by atoms with Crippen molar-refractivity contribution in [2.45, 2.75) is 44.1 Å². The molecule has 2 aliphatic rings. The third-order valence-electron chi connectivity index (χ3n) is 6.00. The van der Waals surface area contributed by atoms with Gasteiger partial charge in [0.15, 0.2) is 6.61 Å². The second kappa shape index (κ2) is 8.77. The number of carbonyl (C=O) groups excluding carboxylic acids is 2. The first-order chi connectivity index (χ1) is 13.8. The van der Waals surface area contributed by atoms with Gasteiger partial charge in [0.05, 0.1) is 10.6 Å². The summed E-state index contributed by atoms with van der Waals surface area (Å²) in [5.74, 6) is -0.329. The van der Waals surface area contributed by atoms with Crippen molar-refractivity contribution in [1.29, 1.82) is 0 Å². The smallest absolute Gasteiger partial charge is 0.271 e. The minimum atomic E-state index is -0.537. The van der Waals surface area contributed by atoms with Gasteiger partial charge < -0.3 is 15.0 Å². The van der Waals surface area contributed by atoms with E-state index in [1.54, 1.807) is 0 Å². The summed E-state index contributed by atoms with van der Waals surface area (Å²) in [5, 5.41) is 14.1. The van der Waals surface area contributed by atoms with Crippen molar-refractivity contribution in [1.82, 2.24) is 10.2 Å². The van der Waals surface area contributed by atoms with Crippen molar-refractivity contribution in [2.24, 2.45) is 0 Å². The Kier molecular flexibility index (Phi) is 6.36. The first kappa shape index (κ1) is 21.0. The van der Waals surface area contributed by atoms with Gasteiger partial charge in [-0.2, -0.15) is 0 Å². The van der Waals surface area contributed by atoms with Crippen LogP contribution in [-0.4, -0.2) is 61.0 Å². The number of nitrogens with one attached hydrogen (secondary N) is 1. The number of non-ortho nitro benzene ring substituents is 1. The Morgan fingerprint density at radius 2 is 1.97 bits per heavy atom. The highest BCUT2D eigenvalue weighted by molar-refractivity contribution is 6.02. The maximum atomic E-state index is 12.7. The molecule has 2 amide bonds. The summed E-state index contributed by atoms with van der Waals surface area (Å²) in [6, 6.07) is 4.05. The van der Waals surface area contributed by atoms with E-state index in [0.717, 1.165) is 25.7 Å². The topological polar surface area (TPSA) is 105 Å². The normalized spacial score (nSPS) is 18.6. The summed E-state index contributed by atoms with van der Waals surface area (Å²) in [6.45, 7) is 0.124. The Morgan fingerprint density at radius 3 is 2.59 bits per heavy atom. The van der Waals surface area contributed by atoms with E-state index in [9.17, 15) is 19.7 Å². The van der Waals surface area contributed by atoms with Crippen molar-refractivity contribution >= 4 is 23.2 Å². The standard InChI is InChI=1S/C20H28N4O5/c1-22(2)20(9-5-3-4-6-10-20)14-21-18(25)12-23-16-11-15(24(27)28)7-8-17(16)29-13-19(23)26/h7-8,11H,3-6,9-10,12-14H2,1-2H3,(H,21,25). The fourth-order valence-corrected chi connectivity index (χ4v) is 4.11. The van der Waals surface area contributed by atoms with E-state index in [1.807, 2.05) is 14.1 Å². The molecule has 3 rings (SSSR count). The molecule has 1 aromatic carbocycles. The SMILES string of the molecule is CN(C)C1(CNC(=O)CN2C(=O)COc3ccc([N+](=O)[O-])cc32)CCCCCC1. The van der Waals surface area contributed by atoms with Gasteiger partial charge in [-0.3, -0.25) is 24.6 Å². The third-order valence-corrected chi connectivity index (χ3v) is 6.00. The number of likely N-dealkylation sites (N-methyl/N-ethyl adjacent to an activating group) is 1. The van der Waals surface area contributed by atoms with E-state index < -0.39 is 10.8 Å². The summed E-state index contributed by atoms with van der Waals surface area (Å²) >= 11 is 0. The number of carbonyl (C=O) groups is 2. The molecule has 1 heterocycles. The number of nitrogens with zero attached hydrogens (tertiary/aromatic N) is 3. The molecule has 1 N–H and O–H groups in total. The van der Waals surface area contributed by atoms with Gasteiger partial charge in [-0.25, -0.2) is 0 Å². The molecule has 9 heteroatoms. The van der Waals surface area contributed by atoms with E-state index in [-0.39, 0.29) is 36.0 Å². The maximum absolute atomic E-state index is 12.7. The van der Waals surface area contributed by atoms with E-state index in [1.165, 1.54) is 35.9 Å². The number of nitro groups is 1. The highest BCUT2D eigenvalue weighted by Crippen LogP contribution is 2.35. The maximum Gasteiger partial charge on any atom is 0.271 e. The largest absolute Gasteiger partial charge is 0.482 e. The molecule has 9 nitrogen and oxygen atoms in total. The zero-order valence-electron chi connectivity index (χ0n) is 17.0. The molecular formula is C20H28N4O5. The van der Waals surface area contributed by atoms with Crippen molar-refractivity contribution in [2.75, 3.05) is 38.7 Å². The zero-order valence-corrected chi connectivity index (χ0v) is 17.0. The number of ether oxygens (including phenoxy) is 1. The lowest BCUT2D eigenvalue weighted by atomic mass is 9.88. The molecule has 0 saturated heterocycles. The summed E-state index contributed by atoms with van der Waals surface area (Å²) in [6.07, 6.45) is 6.72. The van der Waals surface area contributed by atoms with Gasteiger partial charge in [0.2, 0.25) is 5.91 Å². The lowest BCUT2D eigenvalue weighted by Gasteiger charge is -2.40. The zero-order chi connectivity index (χ0) is 21.0. The van der Waals surface area contributed by atoms with Gasteiger partial charge in [-0.05, 0) is 33.0 Å². The number of hydrogen-bond donors (Lipinski definition) is 1. The number of benzene rings is 1. The van der Waals surface area contributed by atoms with Gasteiger partial charge in [0.25, 0.3) is 11.6 Å². The Balaban J connectivity index is 1.71. The molecule has 0 bridgehead atoms. The summed E-state index contributed by atoms with van der Waals surface area (Å²) in [4.78, 5) is 39.0. The summed E-state index contributed by atoms with van der Waals surface area (Å²) in [5.41, 5.74) is 0.0117. The molecule has 0 unspecified atom stereocenters. The van der Waals surface area contributed by atoms with Crippen LogP contribution < -0.4 is 15.0 Å². The molecule has 0 atom stereocenters. The second-order valence-electron chi connectivity index (χ2n) is 7.99. The van der Waals surface area contributed by atoms with Crippen LogP contribution in [0.15, 0.2) is 18.2 Å². The molecule has 158 valence electrons. The summed E-state index contributed by atoms with van der Waals surface area (Å²) in [7, 11) is 4.08. The minimum absolute atomic E-state index is 0.0854. The molecule has 1 fully saturated rings. The minimum Gasteiger partial charge on any atom is -0.482 e.